The molecule has 0 aliphatic carbocycles. The van der Waals surface area contributed by atoms with Gasteiger partial charge < -0.3 is 15.3 Å². The monoisotopic (exact) mass is 269 g/mol. The van der Waals surface area contributed by atoms with Crippen molar-refractivity contribution < 1.29 is 24.3 Å². The number of likely N-dealkylation sites (tertiary alicyclic amines) is 1. The van der Waals surface area contributed by atoms with E-state index in [1.165, 1.54) is 4.90 Å². The van der Waals surface area contributed by atoms with Gasteiger partial charge in [-0.1, -0.05) is 0 Å². The van der Waals surface area contributed by atoms with Crippen molar-refractivity contribution in [2.24, 2.45) is 5.92 Å². The summed E-state index contributed by atoms with van der Waals surface area (Å²) < 4.78 is 0. The number of nitrogens with zero attached hydrogens (tertiary/aromatic N) is 2. The number of urea groups is 1. The molecule has 2 saturated heterocycles. The molecule has 0 radical (unpaired) electrons. The second kappa shape index (κ2) is 4.87. The molecule has 0 aromatic carbocycles. The summed E-state index contributed by atoms with van der Waals surface area (Å²) in [6.07, 6.45) is 0.391. The van der Waals surface area contributed by atoms with Crippen molar-refractivity contribution in [3.63, 3.8) is 0 Å². The van der Waals surface area contributed by atoms with Crippen LogP contribution in [-0.2, 0) is 14.4 Å². The van der Waals surface area contributed by atoms with Gasteiger partial charge in [0.05, 0.1) is 12.5 Å². The number of carbonyl (C=O) groups is 4. The van der Waals surface area contributed by atoms with E-state index < -0.39 is 35.8 Å². The number of rotatable bonds is 3. The highest BCUT2D eigenvalue weighted by Crippen LogP contribution is 2.24. The molecule has 19 heavy (non-hydrogen) atoms. The predicted octanol–water partition coefficient (Wildman–Crippen LogP) is -1.14. The van der Waals surface area contributed by atoms with Crippen molar-refractivity contribution in [1.29, 1.82) is 0 Å². The number of carboxylic acid groups (broad SMARTS) is 1. The van der Waals surface area contributed by atoms with Gasteiger partial charge in [-0.2, -0.15) is 0 Å². The lowest BCUT2D eigenvalue weighted by Crippen LogP contribution is -2.45. The Morgan fingerprint density at radius 2 is 2.11 bits per heavy atom. The molecule has 8 nitrogen and oxygen atoms in total. The number of imide groups is 1. The Balaban J connectivity index is 1.99. The number of aliphatic carboxylic acids is 1. The topological polar surface area (TPSA) is 107 Å². The van der Waals surface area contributed by atoms with Crippen LogP contribution >= 0.6 is 0 Å². The summed E-state index contributed by atoms with van der Waals surface area (Å²) in [5, 5.41) is 11.3. The minimum atomic E-state index is -0.933. The van der Waals surface area contributed by atoms with Gasteiger partial charge in [-0.15, -0.1) is 0 Å². The largest absolute Gasteiger partial charge is 0.481 e. The molecule has 4 amide bonds. The van der Waals surface area contributed by atoms with E-state index in [1.54, 1.807) is 6.92 Å². The molecule has 0 saturated carbocycles. The van der Waals surface area contributed by atoms with Crippen LogP contribution in [0.4, 0.5) is 4.79 Å². The normalized spacial score (nSPS) is 26.8. The number of carboxylic acids is 1. The summed E-state index contributed by atoms with van der Waals surface area (Å²) in [6, 6.07) is -1.01. The average molecular weight is 269 g/mol. The van der Waals surface area contributed by atoms with Crippen LogP contribution in [0.2, 0.25) is 0 Å². The molecule has 0 spiro atoms. The van der Waals surface area contributed by atoms with E-state index in [1.807, 2.05) is 0 Å². The zero-order valence-corrected chi connectivity index (χ0v) is 10.5. The molecule has 104 valence electrons. The number of hydrogen-bond acceptors (Lipinski definition) is 4. The minimum absolute atomic E-state index is 0.0978. The molecule has 0 aromatic heterocycles. The Hall–Kier alpha value is -2.12. The number of hydrogen-bond donors (Lipinski definition) is 2. The van der Waals surface area contributed by atoms with Crippen LogP contribution < -0.4 is 5.32 Å². The summed E-state index contributed by atoms with van der Waals surface area (Å²) >= 11 is 0. The summed E-state index contributed by atoms with van der Waals surface area (Å²) in [6.45, 7) is 1.57. The number of nitrogens with one attached hydrogen (secondary N) is 1. The molecule has 2 aliphatic rings. The van der Waals surface area contributed by atoms with Crippen molar-refractivity contribution in [2.75, 3.05) is 19.6 Å². The van der Waals surface area contributed by atoms with Crippen LogP contribution in [0.1, 0.15) is 13.3 Å². The van der Waals surface area contributed by atoms with Gasteiger partial charge in [0.15, 0.2) is 0 Å². The van der Waals surface area contributed by atoms with Gasteiger partial charge in [-0.25, -0.2) is 4.79 Å². The lowest BCUT2D eigenvalue weighted by Gasteiger charge is -2.24. The molecule has 0 bridgehead atoms. The molecule has 2 heterocycles. The summed E-state index contributed by atoms with van der Waals surface area (Å²) in [7, 11) is 0. The van der Waals surface area contributed by atoms with E-state index in [0.29, 0.717) is 13.0 Å². The summed E-state index contributed by atoms with van der Waals surface area (Å²) in [5.41, 5.74) is 0. The third-order valence-electron chi connectivity index (χ3n) is 3.62. The van der Waals surface area contributed by atoms with Crippen LogP contribution in [0, 0.1) is 5.92 Å². The van der Waals surface area contributed by atoms with Gasteiger partial charge in [0.1, 0.15) is 6.54 Å². The first kappa shape index (κ1) is 13.3. The Morgan fingerprint density at radius 3 is 2.58 bits per heavy atom. The van der Waals surface area contributed by atoms with Crippen LogP contribution in [0.15, 0.2) is 0 Å². The molecule has 2 rings (SSSR count). The first-order chi connectivity index (χ1) is 8.91. The molecule has 0 aromatic rings. The highest BCUT2D eigenvalue weighted by atomic mass is 16.4. The fourth-order valence-corrected chi connectivity index (χ4v) is 2.46. The highest BCUT2D eigenvalue weighted by molar-refractivity contribution is 6.04. The molecule has 2 unspecified atom stereocenters. The van der Waals surface area contributed by atoms with Gasteiger partial charge in [-0.3, -0.25) is 19.3 Å². The SMILES string of the molecule is CC1C(C(=O)O)CCN1C(=O)CN1C(=O)CNC1=O. The van der Waals surface area contributed by atoms with Crippen LogP contribution in [-0.4, -0.2) is 64.4 Å². The Labute approximate surface area is 109 Å². The quantitative estimate of drug-likeness (QED) is 0.630. The highest BCUT2D eigenvalue weighted by Gasteiger charge is 2.40. The van der Waals surface area contributed by atoms with E-state index in [-0.39, 0.29) is 13.1 Å². The zero-order valence-electron chi connectivity index (χ0n) is 10.5. The smallest absolute Gasteiger partial charge is 0.325 e. The number of amides is 4. The minimum Gasteiger partial charge on any atom is -0.481 e. The summed E-state index contributed by atoms with van der Waals surface area (Å²) in [4.78, 5) is 47.9. The molecule has 8 heteroatoms. The Morgan fingerprint density at radius 1 is 1.42 bits per heavy atom. The lowest BCUT2D eigenvalue weighted by molar-refractivity contribution is -0.143. The summed E-state index contributed by atoms with van der Waals surface area (Å²) in [5.74, 6) is -2.37. The van der Waals surface area contributed by atoms with Gasteiger partial charge in [0, 0.05) is 12.6 Å². The van der Waals surface area contributed by atoms with Crippen LogP contribution in [0.25, 0.3) is 0 Å². The van der Waals surface area contributed by atoms with E-state index in [9.17, 15) is 19.2 Å². The fourth-order valence-electron chi connectivity index (χ4n) is 2.46. The predicted molar refractivity (Wildman–Crippen MR) is 62.0 cm³/mol. The first-order valence-corrected chi connectivity index (χ1v) is 6.02. The fraction of sp³-hybridized carbons (Fsp3) is 0.636. The number of carbonyl (C=O) groups excluding carboxylic acids is 3. The van der Waals surface area contributed by atoms with Crippen LogP contribution in [0.3, 0.4) is 0 Å². The Kier molecular flexibility index (Phi) is 3.41. The van der Waals surface area contributed by atoms with Crippen molar-refractivity contribution in [2.45, 2.75) is 19.4 Å². The average Bonchev–Trinajstić information content (AvgIpc) is 2.86. The second-order valence-electron chi connectivity index (χ2n) is 4.70. The molecule has 2 N–H and O–H groups in total. The molecule has 2 aliphatic heterocycles. The van der Waals surface area contributed by atoms with Gasteiger partial charge in [0.25, 0.3) is 5.91 Å². The molecular weight excluding hydrogens is 254 g/mol. The van der Waals surface area contributed by atoms with Crippen molar-refractivity contribution in [1.82, 2.24) is 15.1 Å². The van der Waals surface area contributed by atoms with Crippen molar-refractivity contribution in [3.8, 4) is 0 Å². The van der Waals surface area contributed by atoms with Gasteiger partial charge in [-0.05, 0) is 13.3 Å². The standard InChI is InChI=1S/C11H15N3O5/c1-6-7(10(17)18)2-3-13(6)9(16)5-14-8(15)4-12-11(14)19/h6-7H,2-5H2,1H3,(H,12,19)(H,17,18). The van der Waals surface area contributed by atoms with Crippen LogP contribution in [0.5, 0.6) is 0 Å². The van der Waals surface area contributed by atoms with E-state index in [4.69, 9.17) is 5.11 Å². The van der Waals surface area contributed by atoms with Crippen molar-refractivity contribution >= 4 is 23.8 Å². The maximum atomic E-state index is 12.0. The molecule has 2 atom stereocenters. The first-order valence-electron chi connectivity index (χ1n) is 6.02. The van der Waals surface area contributed by atoms with E-state index in [2.05, 4.69) is 5.32 Å². The lowest BCUT2D eigenvalue weighted by atomic mass is 10.0. The third kappa shape index (κ3) is 2.38. The second-order valence-corrected chi connectivity index (χ2v) is 4.70. The third-order valence-corrected chi connectivity index (χ3v) is 3.62. The van der Waals surface area contributed by atoms with E-state index >= 15 is 0 Å². The van der Waals surface area contributed by atoms with Gasteiger partial charge in [0.2, 0.25) is 5.91 Å². The van der Waals surface area contributed by atoms with Crippen molar-refractivity contribution in [3.05, 3.63) is 0 Å². The van der Waals surface area contributed by atoms with Gasteiger partial charge >= 0.3 is 12.0 Å². The molecular formula is C11H15N3O5. The maximum Gasteiger partial charge on any atom is 0.325 e. The zero-order chi connectivity index (χ0) is 14.2. The van der Waals surface area contributed by atoms with E-state index in [0.717, 1.165) is 4.90 Å². The maximum absolute atomic E-state index is 12.0. The molecule has 2 fully saturated rings. The Bertz CT molecular complexity index is 434.